The lowest BCUT2D eigenvalue weighted by Gasteiger charge is -2.12. The third-order valence-corrected chi connectivity index (χ3v) is 5.37. The highest BCUT2D eigenvalue weighted by molar-refractivity contribution is 7.89. The molecule has 0 radical (unpaired) electrons. The first-order valence-corrected chi connectivity index (χ1v) is 9.27. The SMILES string of the molecule is CC(C)CCc1ccc(S(=O)(=O)NCC2CCCN2)cc1.Cl. The molecule has 1 unspecified atom stereocenters. The zero-order chi connectivity index (χ0) is 15.3. The Bertz CT molecular complexity index is 538. The van der Waals surface area contributed by atoms with Gasteiger partial charge in [-0.2, -0.15) is 0 Å². The largest absolute Gasteiger partial charge is 0.313 e. The van der Waals surface area contributed by atoms with E-state index in [9.17, 15) is 8.42 Å². The maximum atomic E-state index is 12.2. The van der Waals surface area contributed by atoms with Crippen molar-refractivity contribution in [1.82, 2.24) is 10.0 Å². The van der Waals surface area contributed by atoms with Gasteiger partial charge in [0.25, 0.3) is 0 Å². The molecule has 1 fully saturated rings. The van der Waals surface area contributed by atoms with E-state index in [4.69, 9.17) is 0 Å². The predicted octanol–water partition coefficient (Wildman–Crippen LogP) is 2.73. The van der Waals surface area contributed by atoms with Gasteiger partial charge >= 0.3 is 0 Å². The molecule has 1 atom stereocenters. The molecule has 0 spiro atoms. The van der Waals surface area contributed by atoms with Gasteiger partial charge in [0.15, 0.2) is 0 Å². The third-order valence-electron chi connectivity index (χ3n) is 3.93. The maximum absolute atomic E-state index is 12.2. The molecular weight excluding hydrogens is 320 g/mol. The van der Waals surface area contributed by atoms with Gasteiger partial charge in [-0.25, -0.2) is 13.1 Å². The molecule has 22 heavy (non-hydrogen) atoms. The van der Waals surface area contributed by atoms with E-state index in [1.807, 2.05) is 12.1 Å². The molecular formula is C16H27ClN2O2S. The molecule has 1 aliphatic rings. The summed E-state index contributed by atoms with van der Waals surface area (Å²) in [5.74, 6) is 0.661. The van der Waals surface area contributed by atoms with Crippen LogP contribution in [0.15, 0.2) is 29.2 Å². The highest BCUT2D eigenvalue weighted by Crippen LogP contribution is 2.14. The summed E-state index contributed by atoms with van der Waals surface area (Å²) in [7, 11) is -3.39. The van der Waals surface area contributed by atoms with E-state index in [1.165, 1.54) is 5.56 Å². The van der Waals surface area contributed by atoms with Crippen molar-refractivity contribution < 1.29 is 8.42 Å². The zero-order valence-corrected chi connectivity index (χ0v) is 15.0. The Morgan fingerprint density at radius 1 is 1.27 bits per heavy atom. The van der Waals surface area contributed by atoms with Gasteiger partial charge in [-0.05, 0) is 55.8 Å². The summed E-state index contributed by atoms with van der Waals surface area (Å²) < 4.78 is 27.2. The van der Waals surface area contributed by atoms with Crippen LogP contribution in [0.25, 0.3) is 0 Å². The first-order valence-electron chi connectivity index (χ1n) is 7.79. The average Bonchev–Trinajstić information content (AvgIpc) is 2.97. The lowest BCUT2D eigenvalue weighted by molar-refractivity contribution is 0.551. The quantitative estimate of drug-likeness (QED) is 0.798. The Labute approximate surface area is 140 Å². The van der Waals surface area contributed by atoms with E-state index < -0.39 is 10.0 Å². The minimum absolute atomic E-state index is 0. The van der Waals surface area contributed by atoms with Crippen LogP contribution in [0, 0.1) is 5.92 Å². The number of aryl methyl sites for hydroxylation is 1. The molecule has 1 aromatic carbocycles. The standard InChI is InChI=1S/C16H26N2O2S.ClH/c1-13(2)5-6-14-7-9-16(10-8-14)21(19,20)18-12-15-4-3-11-17-15;/h7-10,13,15,17-18H,3-6,11-12H2,1-2H3;1H. The van der Waals surface area contributed by atoms with Crippen LogP contribution in [-0.4, -0.2) is 27.5 Å². The van der Waals surface area contributed by atoms with Crippen LogP contribution in [-0.2, 0) is 16.4 Å². The molecule has 0 saturated carbocycles. The minimum Gasteiger partial charge on any atom is -0.313 e. The predicted molar refractivity (Wildman–Crippen MR) is 93.1 cm³/mol. The number of hydrogen-bond donors (Lipinski definition) is 2. The van der Waals surface area contributed by atoms with Gasteiger partial charge < -0.3 is 5.32 Å². The fourth-order valence-electron chi connectivity index (χ4n) is 2.52. The van der Waals surface area contributed by atoms with Crippen molar-refractivity contribution in [2.75, 3.05) is 13.1 Å². The topological polar surface area (TPSA) is 58.2 Å². The number of sulfonamides is 1. The van der Waals surface area contributed by atoms with Crippen LogP contribution in [0.4, 0.5) is 0 Å². The molecule has 2 N–H and O–H groups in total. The van der Waals surface area contributed by atoms with Crippen LogP contribution in [0.5, 0.6) is 0 Å². The van der Waals surface area contributed by atoms with E-state index in [2.05, 4.69) is 23.9 Å². The van der Waals surface area contributed by atoms with Crippen LogP contribution >= 0.6 is 12.4 Å². The summed E-state index contributed by atoms with van der Waals surface area (Å²) in [5, 5.41) is 3.29. The van der Waals surface area contributed by atoms with E-state index in [0.29, 0.717) is 17.4 Å². The fourth-order valence-corrected chi connectivity index (χ4v) is 3.60. The van der Waals surface area contributed by atoms with Crippen molar-refractivity contribution in [2.45, 2.75) is 50.5 Å². The first kappa shape index (κ1) is 19.4. The molecule has 1 heterocycles. The van der Waals surface area contributed by atoms with Crippen molar-refractivity contribution in [3.8, 4) is 0 Å². The van der Waals surface area contributed by atoms with Gasteiger partial charge in [0.2, 0.25) is 10.0 Å². The summed E-state index contributed by atoms with van der Waals surface area (Å²) in [6.07, 6.45) is 4.28. The first-order chi connectivity index (χ1) is 9.97. The maximum Gasteiger partial charge on any atom is 0.240 e. The normalized spacial score (nSPS) is 18.4. The second kappa shape index (κ2) is 8.87. The molecule has 0 aliphatic carbocycles. The van der Waals surface area contributed by atoms with Crippen LogP contribution in [0.1, 0.15) is 38.7 Å². The average molecular weight is 347 g/mol. The lowest BCUT2D eigenvalue weighted by atomic mass is 10.0. The molecule has 0 bridgehead atoms. The van der Waals surface area contributed by atoms with Gasteiger partial charge in [0.05, 0.1) is 4.90 Å². The van der Waals surface area contributed by atoms with Crippen molar-refractivity contribution in [2.24, 2.45) is 5.92 Å². The van der Waals surface area contributed by atoms with Crippen molar-refractivity contribution in [3.63, 3.8) is 0 Å². The third kappa shape index (κ3) is 5.88. The zero-order valence-electron chi connectivity index (χ0n) is 13.3. The Kier molecular flexibility index (Phi) is 7.83. The summed E-state index contributed by atoms with van der Waals surface area (Å²) in [6.45, 7) is 5.84. The summed E-state index contributed by atoms with van der Waals surface area (Å²) >= 11 is 0. The molecule has 0 aromatic heterocycles. The van der Waals surface area contributed by atoms with Crippen molar-refractivity contribution in [1.29, 1.82) is 0 Å². The summed E-state index contributed by atoms with van der Waals surface area (Å²) in [6, 6.07) is 7.53. The van der Waals surface area contributed by atoms with Crippen LogP contribution in [0.3, 0.4) is 0 Å². The Hall–Kier alpha value is -0.620. The highest BCUT2D eigenvalue weighted by atomic mass is 35.5. The number of halogens is 1. The highest BCUT2D eigenvalue weighted by Gasteiger charge is 2.19. The van der Waals surface area contributed by atoms with Gasteiger partial charge in [-0.3, -0.25) is 0 Å². The van der Waals surface area contributed by atoms with Gasteiger partial charge in [-0.1, -0.05) is 26.0 Å². The molecule has 1 saturated heterocycles. The van der Waals surface area contributed by atoms with Crippen LogP contribution < -0.4 is 10.0 Å². The number of hydrogen-bond acceptors (Lipinski definition) is 3. The number of benzene rings is 1. The molecule has 1 aromatic rings. The monoisotopic (exact) mass is 346 g/mol. The van der Waals surface area contributed by atoms with Gasteiger partial charge in [0, 0.05) is 12.6 Å². The molecule has 2 rings (SSSR count). The van der Waals surface area contributed by atoms with Gasteiger partial charge in [-0.15, -0.1) is 12.4 Å². The Balaban J connectivity index is 0.00000242. The number of rotatable bonds is 7. The van der Waals surface area contributed by atoms with E-state index in [1.54, 1.807) is 12.1 Å². The number of nitrogens with one attached hydrogen (secondary N) is 2. The van der Waals surface area contributed by atoms with Crippen molar-refractivity contribution >= 4 is 22.4 Å². The second-order valence-corrected chi connectivity index (χ2v) is 7.99. The lowest BCUT2D eigenvalue weighted by Crippen LogP contribution is -2.37. The smallest absolute Gasteiger partial charge is 0.240 e. The van der Waals surface area contributed by atoms with Crippen molar-refractivity contribution in [3.05, 3.63) is 29.8 Å². The molecule has 0 amide bonds. The molecule has 6 heteroatoms. The minimum atomic E-state index is -3.39. The summed E-state index contributed by atoms with van der Waals surface area (Å²) in [5.41, 5.74) is 1.19. The van der Waals surface area contributed by atoms with Gasteiger partial charge in [0.1, 0.15) is 0 Å². The Morgan fingerprint density at radius 2 is 1.95 bits per heavy atom. The summed E-state index contributed by atoms with van der Waals surface area (Å²) in [4.78, 5) is 0.355. The van der Waals surface area contributed by atoms with E-state index in [-0.39, 0.29) is 18.4 Å². The Morgan fingerprint density at radius 3 is 2.50 bits per heavy atom. The fraction of sp³-hybridized carbons (Fsp3) is 0.625. The van der Waals surface area contributed by atoms with Crippen LogP contribution in [0.2, 0.25) is 0 Å². The molecule has 4 nitrogen and oxygen atoms in total. The second-order valence-electron chi connectivity index (χ2n) is 6.22. The van der Waals surface area contributed by atoms with E-state index >= 15 is 0 Å². The van der Waals surface area contributed by atoms with E-state index in [0.717, 1.165) is 32.2 Å². The molecule has 1 aliphatic heterocycles. The molecule has 126 valence electrons.